The standard InChI is InChI=1S/C30H27N5O/c1-2-22-15-30(22,27(31)36)23-7-5-19(6-8-23)21-16-33-28-34-17-26(35(28)18-21)29(11-12-29)24-9-10-25-20(14-24)4-3-13-32-25/h3-10,13-14,16-18,22H,2,11-12,15H2,1H3,(H2,31,36). The van der Waals surface area contributed by atoms with E-state index in [2.05, 4.69) is 81.0 Å². The molecule has 2 unspecified atom stereocenters. The molecule has 2 aliphatic rings. The van der Waals surface area contributed by atoms with Gasteiger partial charge in [0.25, 0.3) is 0 Å². The minimum absolute atomic E-state index is 0.0530. The van der Waals surface area contributed by atoms with Gasteiger partial charge in [-0.25, -0.2) is 9.97 Å². The summed E-state index contributed by atoms with van der Waals surface area (Å²) in [6, 6.07) is 18.9. The van der Waals surface area contributed by atoms with E-state index in [0.717, 1.165) is 53.3 Å². The third-order valence-electron chi connectivity index (χ3n) is 8.53. The highest BCUT2D eigenvalue weighted by molar-refractivity contribution is 5.91. The quantitative estimate of drug-likeness (QED) is 0.368. The fourth-order valence-corrected chi connectivity index (χ4v) is 6.15. The number of nitrogens with zero attached hydrogens (tertiary/aromatic N) is 4. The van der Waals surface area contributed by atoms with Crippen LogP contribution in [0.5, 0.6) is 0 Å². The van der Waals surface area contributed by atoms with Gasteiger partial charge in [0.15, 0.2) is 0 Å². The lowest BCUT2D eigenvalue weighted by Crippen LogP contribution is -2.30. The molecule has 2 aliphatic carbocycles. The molecule has 3 heterocycles. The van der Waals surface area contributed by atoms with E-state index in [1.165, 1.54) is 11.3 Å². The lowest BCUT2D eigenvalue weighted by atomic mass is 9.90. The maximum Gasteiger partial charge on any atom is 0.233 e. The zero-order valence-electron chi connectivity index (χ0n) is 20.2. The molecule has 0 bridgehead atoms. The number of hydrogen-bond donors (Lipinski definition) is 1. The van der Waals surface area contributed by atoms with Crippen molar-refractivity contribution in [3.05, 3.63) is 96.2 Å². The van der Waals surface area contributed by atoms with Gasteiger partial charge >= 0.3 is 0 Å². The molecule has 0 radical (unpaired) electrons. The number of imidazole rings is 1. The molecule has 2 atom stereocenters. The first-order chi connectivity index (χ1) is 17.5. The van der Waals surface area contributed by atoms with Gasteiger partial charge in [-0.05, 0) is 60.1 Å². The Hall–Kier alpha value is -4.06. The van der Waals surface area contributed by atoms with Crippen molar-refractivity contribution < 1.29 is 4.79 Å². The number of pyridine rings is 1. The summed E-state index contributed by atoms with van der Waals surface area (Å²) in [5.41, 5.74) is 11.8. The van der Waals surface area contributed by atoms with Gasteiger partial charge in [0, 0.05) is 35.0 Å². The number of fused-ring (bicyclic) bond motifs is 2. The lowest BCUT2D eigenvalue weighted by molar-refractivity contribution is -0.120. The highest BCUT2D eigenvalue weighted by Gasteiger charge is 2.58. The van der Waals surface area contributed by atoms with E-state index in [1.54, 1.807) is 0 Å². The number of rotatable bonds is 6. The van der Waals surface area contributed by atoms with Gasteiger partial charge in [-0.2, -0.15) is 0 Å². The van der Waals surface area contributed by atoms with Crippen LogP contribution >= 0.6 is 0 Å². The van der Waals surface area contributed by atoms with Gasteiger partial charge < -0.3 is 5.73 Å². The first-order valence-corrected chi connectivity index (χ1v) is 12.6. The highest BCUT2D eigenvalue weighted by atomic mass is 16.1. The molecule has 2 aromatic carbocycles. The second-order valence-corrected chi connectivity index (χ2v) is 10.4. The number of nitrogens with two attached hydrogens (primary N) is 1. The molecule has 178 valence electrons. The molecule has 36 heavy (non-hydrogen) atoms. The van der Waals surface area contributed by atoms with Crippen LogP contribution in [0.3, 0.4) is 0 Å². The number of aromatic nitrogens is 4. The molecule has 6 nitrogen and oxygen atoms in total. The van der Waals surface area contributed by atoms with Crippen molar-refractivity contribution in [2.75, 3.05) is 0 Å². The van der Waals surface area contributed by atoms with Crippen LogP contribution in [0.15, 0.2) is 79.4 Å². The summed E-state index contributed by atoms with van der Waals surface area (Å²) in [4.78, 5) is 26.0. The van der Waals surface area contributed by atoms with Gasteiger partial charge in [-0.1, -0.05) is 49.7 Å². The first-order valence-electron chi connectivity index (χ1n) is 12.6. The van der Waals surface area contributed by atoms with Gasteiger partial charge in [0.1, 0.15) is 0 Å². The van der Waals surface area contributed by atoms with E-state index in [0.29, 0.717) is 11.7 Å². The Morgan fingerprint density at radius 3 is 2.50 bits per heavy atom. The van der Waals surface area contributed by atoms with Crippen molar-refractivity contribution in [1.29, 1.82) is 0 Å². The number of carbonyl (C=O) groups excluding carboxylic acids is 1. The third kappa shape index (κ3) is 2.97. The maximum absolute atomic E-state index is 12.3. The third-order valence-corrected chi connectivity index (χ3v) is 8.53. The van der Waals surface area contributed by atoms with Gasteiger partial charge in [-0.3, -0.25) is 14.2 Å². The van der Waals surface area contributed by atoms with Crippen molar-refractivity contribution in [2.45, 2.75) is 43.4 Å². The summed E-state index contributed by atoms with van der Waals surface area (Å²) >= 11 is 0. The second kappa shape index (κ2) is 7.47. The summed E-state index contributed by atoms with van der Waals surface area (Å²) < 4.78 is 2.14. The van der Waals surface area contributed by atoms with Gasteiger partial charge in [0.2, 0.25) is 11.7 Å². The van der Waals surface area contributed by atoms with E-state index in [-0.39, 0.29) is 11.3 Å². The molecule has 3 aromatic heterocycles. The van der Waals surface area contributed by atoms with Crippen molar-refractivity contribution in [1.82, 2.24) is 19.4 Å². The average molecular weight is 474 g/mol. The van der Waals surface area contributed by atoms with E-state index in [4.69, 9.17) is 5.73 Å². The Kier molecular flexibility index (Phi) is 4.41. The summed E-state index contributed by atoms with van der Waals surface area (Å²) in [5.74, 6) is 0.830. The molecular weight excluding hydrogens is 446 g/mol. The van der Waals surface area contributed by atoms with Crippen molar-refractivity contribution in [2.24, 2.45) is 11.7 Å². The normalized spacial score (nSPS) is 22.1. The zero-order valence-corrected chi connectivity index (χ0v) is 20.2. The van der Waals surface area contributed by atoms with Crippen LogP contribution in [0.25, 0.3) is 27.8 Å². The number of benzene rings is 2. The maximum atomic E-state index is 12.3. The predicted molar refractivity (Wildman–Crippen MR) is 139 cm³/mol. The summed E-state index contributed by atoms with van der Waals surface area (Å²) in [5, 5.41) is 1.16. The molecule has 7 rings (SSSR count). The molecule has 6 heteroatoms. The summed E-state index contributed by atoms with van der Waals surface area (Å²) in [7, 11) is 0. The Morgan fingerprint density at radius 1 is 1.00 bits per heavy atom. The Morgan fingerprint density at radius 2 is 1.78 bits per heavy atom. The van der Waals surface area contributed by atoms with Crippen molar-refractivity contribution >= 4 is 22.6 Å². The van der Waals surface area contributed by atoms with Gasteiger partial charge in [-0.15, -0.1) is 0 Å². The minimum Gasteiger partial charge on any atom is -0.369 e. The molecule has 2 N–H and O–H groups in total. The van der Waals surface area contributed by atoms with Crippen LogP contribution < -0.4 is 5.73 Å². The predicted octanol–water partition coefficient (Wildman–Crippen LogP) is 5.18. The van der Waals surface area contributed by atoms with E-state index in [1.807, 2.05) is 24.7 Å². The average Bonchev–Trinajstić information content (AvgIpc) is 3.83. The second-order valence-electron chi connectivity index (χ2n) is 10.4. The SMILES string of the molecule is CCC1CC1(C(N)=O)c1ccc(-c2cnc3ncc(C4(c5ccc6ncccc6c5)CC4)n3c2)cc1. The van der Waals surface area contributed by atoms with Crippen LogP contribution in [0.1, 0.15) is 49.4 Å². The lowest BCUT2D eigenvalue weighted by Gasteiger charge is -2.17. The first kappa shape index (κ1) is 21.2. The molecule has 1 amide bonds. The fourth-order valence-electron chi connectivity index (χ4n) is 6.15. The van der Waals surface area contributed by atoms with Crippen molar-refractivity contribution in [3.63, 3.8) is 0 Å². The zero-order chi connectivity index (χ0) is 24.5. The van der Waals surface area contributed by atoms with Gasteiger partial charge in [0.05, 0.1) is 22.8 Å². The fraction of sp³-hybridized carbons (Fsp3) is 0.267. The van der Waals surface area contributed by atoms with Crippen molar-refractivity contribution in [3.8, 4) is 11.1 Å². The number of primary amides is 1. The largest absolute Gasteiger partial charge is 0.369 e. The number of amides is 1. The topological polar surface area (TPSA) is 86.2 Å². The van der Waals surface area contributed by atoms with E-state index >= 15 is 0 Å². The molecule has 2 saturated carbocycles. The molecule has 0 aliphatic heterocycles. The van der Waals surface area contributed by atoms with Crippen LogP contribution in [0, 0.1) is 5.92 Å². The molecule has 5 aromatic rings. The van der Waals surface area contributed by atoms with E-state index in [9.17, 15) is 4.79 Å². The highest BCUT2D eigenvalue weighted by Crippen LogP contribution is 2.56. The number of hydrogen-bond acceptors (Lipinski definition) is 4. The van der Waals surface area contributed by atoms with Crippen LogP contribution in [0.4, 0.5) is 0 Å². The van der Waals surface area contributed by atoms with E-state index < -0.39 is 5.41 Å². The molecule has 2 fully saturated rings. The van der Waals surface area contributed by atoms with Crippen LogP contribution in [-0.2, 0) is 15.6 Å². The number of carbonyl (C=O) groups is 1. The Balaban J connectivity index is 1.26. The summed E-state index contributed by atoms with van der Waals surface area (Å²) in [6.45, 7) is 2.12. The van der Waals surface area contributed by atoms with Crippen LogP contribution in [-0.4, -0.2) is 25.3 Å². The molecular formula is C30H27N5O. The molecule has 0 saturated heterocycles. The minimum atomic E-state index is -0.499. The van der Waals surface area contributed by atoms with Crippen LogP contribution in [0.2, 0.25) is 0 Å². The molecule has 0 spiro atoms. The smallest absolute Gasteiger partial charge is 0.233 e. The monoisotopic (exact) mass is 473 g/mol. The Bertz CT molecular complexity index is 1650. The Labute approximate surface area is 209 Å². The summed E-state index contributed by atoms with van der Waals surface area (Å²) in [6.07, 6.45) is 11.8.